The van der Waals surface area contributed by atoms with Gasteiger partial charge in [0.15, 0.2) is 0 Å². The van der Waals surface area contributed by atoms with Gasteiger partial charge in [-0.25, -0.2) is 0 Å². The van der Waals surface area contributed by atoms with Crippen molar-refractivity contribution in [2.75, 3.05) is 39.3 Å². The molecule has 0 spiro atoms. The zero-order valence-corrected chi connectivity index (χ0v) is 14.5. The summed E-state index contributed by atoms with van der Waals surface area (Å²) in [5.41, 5.74) is 0.864. The maximum Gasteiger partial charge on any atom is 0.135 e. The highest BCUT2D eigenvalue weighted by molar-refractivity contribution is 6.36. The Morgan fingerprint density at radius 1 is 1.13 bits per heavy atom. The zero-order chi connectivity index (χ0) is 16.1. The average Bonchev–Trinajstić information content (AvgIpc) is 3.01. The van der Waals surface area contributed by atoms with Crippen molar-refractivity contribution in [1.82, 2.24) is 15.5 Å². The molecule has 0 saturated carbocycles. The summed E-state index contributed by atoms with van der Waals surface area (Å²) in [5, 5.41) is 8.02. The molecule has 0 atom stereocenters. The number of furan rings is 1. The van der Waals surface area contributed by atoms with Crippen LogP contribution >= 0.6 is 23.2 Å². The minimum atomic E-state index is 0.602. The van der Waals surface area contributed by atoms with Crippen LogP contribution in [0.1, 0.15) is 5.76 Å². The van der Waals surface area contributed by atoms with Crippen LogP contribution in [-0.2, 0) is 6.54 Å². The summed E-state index contributed by atoms with van der Waals surface area (Å²) >= 11 is 12.1. The van der Waals surface area contributed by atoms with E-state index in [0.29, 0.717) is 10.0 Å². The van der Waals surface area contributed by atoms with Crippen LogP contribution in [0.3, 0.4) is 0 Å². The van der Waals surface area contributed by atoms with Gasteiger partial charge in [-0.2, -0.15) is 0 Å². The molecule has 0 aliphatic carbocycles. The van der Waals surface area contributed by atoms with E-state index in [1.165, 1.54) is 0 Å². The van der Waals surface area contributed by atoms with E-state index in [1.807, 2.05) is 24.3 Å². The number of hydrogen-bond donors (Lipinski definition) is 2. The highest BCUT2D eigenvalue weighted by Crippen LogP contribution is 2.31. The second-order valence-electron chi connectivity index (χ2n) is 5.66. The summed E-state index contributed by atoms with van der Waals surface area (Å²) in [4.78, 5) is 2.46. The molecule has 6 heteroatoms. The fourth-order valence-corrected chi connectivity index (χ4v) is 3.19. The highest BCUT2D eigenvalue weighted by atomic mass is 35.5. The summed E-state index contributed by atoms with van der Waals surface area (Å²) in [6, 6.07) is 9.36. The lowest BCUT2D eigenvalue weighted by atomic mass is 10.2. The van der Waals surface area contributed by atoms with E-state index in [4.69, 9.17) is 27.6 Å². The van der Waals surface area contributed by atoms with E-state index in [1.54, 1.807) is 6.07 Å². The Bertz CT molecular complexity index is 639. The van der Waals surface area contributed by atoms with Gasteiger partial charge in [0, 0.05) is 49.9 Å². The molecule has 0 amide bonds. The summed E-state index contributed by atoms with van der Waals surface area (Å²) in [5.74, 6) is 1.68. The van der Waals surface area contributed by atoms with E-state index in [2.05, 4.69) is 15.5 Å². The van der Waals surface area contributed by atoms with E-state index in [-0.39, 0.29) is 0 Å². The molecule has 124 valence electrons. The molecule has 23 heavy (non-hydrogen) atoms. The topological polar surface area (TPSA) is 40.4 Å². The average molecular weight is 354 g/mol. The van der Waals surface area contributed by atoms with Crippen LogP contribution in [0.4, 0.5) is 0 Å². The van der Waals surface area contributed by atoms with Crippen LogP contribution in [-0.4, -0.2) is 44.2 Å². The molecule has 1 aliphatic heterocycles. The lowest BCUT2D eigenvalue weighted by Gasteiger charge is -2.27. The Balaban J connectivity index is 1.49. The molecule has 4 nitrogen and oxygen atoms in total. The molecule has 1 aliphatic rings. The van der Waals surface area contributed by atoms with Gasteiger partial charge >= 0.3 is 0 Å². The van der Waals surface area contributed by atoms with Crippen LogP contribution in [0.5, 0.6) is 0 Å². The summed E-state index contributed by atoms with van der Waals surface area (Å²) in [7, 11) is 0. The Kier molecular flexibility index (Phi) is 5.97. The van der Waals surface area contributed by atoms with Crippen molar-refractivity contribution in [3.8, 4) is 11.3 Å². The van der Waals surface area contributed by atoms with Crippen molar-refractivity contribution in [2.45, 2.75) is 6.54 Å². The molecule has 3 rings (SSSR count). The number of hydrogen-bond acceptors (Lipinski definition) is 4. The minimum Gasteiger partial charge on any atom is -0.460 e. The zero-order valence-electron chi connectivity index (χ0n) is 12.9. The Hall–Kier alpha value is -1.04. The monoisotopic (exact) mass is 353 g/mol. The van der Waals surface area contributed by atoms with Crippen LogP contribution in [0.25, 0.3) is 11.3 Å². The van der Waals surface area contributed by atoms with Crippen LogP contribution < -0.4 is 10.6 Å². The first-order chi connectivity index (χ1) is 11.2. The fourth-order valence-electron chi connectivity index (χ4n) is 2.69. The molecule has 2 N–H and O–H groups in total. The number of piperazine rings is 1. The third-order valence-corrected chi connectivity index (χ3v) is 4.52. The molecular weight excluding hydrogens is 333 g/mol. The van der Waals surface area contributed by atoms with E-state index >= 15 is 0 Å². The van der Waals surface area contributed by atoms with Crippen LogP contribution in [0.2, 0.25) is 10.0 Å². The molecule has 1 aromatic carbocycles. The fraction of sp³-hybridized carbons (Fsp3) is 0.412. The Morgan fingerprint density at radius 3 is 2.74 bits per heavy atom. The normalized spacial score (nSPS) is 15.9. The SMILES string of the molecule is Clc1ccc(-c2ccc(CNCCN3CCNCC3)o2)c(Cl)c1. The van der Waals surface area contributed by atoms with Gasteiger partial charge in [-0.05, 0) is 30.3 Å². The van der Waals surface area contributed by atoms with Crippen molar-refractivity contribution in [3.63, 3.8) is 0 Å². The van der Waals surface area contributed by atoms with Crippen LogP contribution in [0, 0.1) is 0 Å². The summed E-state index contributed by atoms with van der Waals surface area (Å²) in [6.45, 7) is 7.17. The quantitative estimate of drug-likeness (QED) is 0.782. The number of benzene rings is 1. The first kappa shape index (κ1) is 16.8. The Morgan fingerprint density at radius 2 is 1.96 bits per heavy atom. The molecule has 1 saturated heterocycles. The van der Waals surface area contributed by atoms with Gasteiger partial charge < -0.3 is 15.1 Å². The molecule has 0 unspecified atom stereocenters. The van der Waals surface area contributed by atoms with Gasteiger partial charge in [-0.1, -0.05) is 23.2 Å². The van der Waals surface area contributed by atoms with Gasteiger partial charge in [-0.3, -0.25) is 4.90 Å². The maximum absolute atomic E-state index is 6.22. The van der Waals surface area contributed by atoms with Gasteiger partial charge in [0.1, 0.15) is 11.5 Å². The van der Waals surface area contributed by atoms with E-state index in [9.17, 15) is 0 Å². The van der Waals surface area contributed by atoms with E-state index < -0.39 is 0 Å². The molecule has 1 aromatic heterocycles. The number of rotatable bonds is 6. The van der Waals surface area contributed by atoms with E-state index in [0.717, 1.165) is 62.9 Å². The smallest absolute Gasteiger partial charge is 0.135 e. The third kappa shape index (κ3) is 4.72. The van der Waals surface area contributed by atoms with Gasteiger partial charge in [0.05, 0.1) is 11.6 Å². The second-order valence-corrected chi connectivity index (χ2v) is 6.50. The number of halogens is 2. The third-order valence-electron chi connectivity index (χ3n) is 3.97. The standard InChI is InChI=1S/C17H21Cl2N3O/c18-13-1-3-15(16(19)11-13)17-4-2-14(23-17)12-21-7-10-22-8-5-20-6-9-22/h1-4,11,20-21H,5-10,12H2. The Labute approximate surface area is 146 Å². The largest absolute Gasteiger partial charge is 0.460 e. The predicted molar refractivity (Wildman–Crippen MR) is 95.2 cm³/mol. The first-order valence-corrected chi connectivity index (χ1v) is 8.66. The first-order valence-electron chi connectivity index (χ1n) is 7.90. The van der Waals surface area contributed by atoms with Gasteiger partial charge in [0.2, 0.25) is 0 Å². The van der Waals surface area contributed by atoms with Crippen molar-refractivity contribution in [2.24, 2.45) is 0 Å². The van der Waals surface area contributed by atoms with Crippen LogP contribution in [0.15, 0.2) is 34.7 Å². The molecule has 0 bridgehead atoms. The highest BCUT2D eigenvalue weighted by Gasteiger charge is 2.10. The predicted octanol–water partition coefficient (Wildman–Crippen LogP) is 3.25. The van der Waals surface area contributed by atoms with Gasteiger partial charge in [0.25, 0.3) is 0 Å². The van der Waals surface area contributed by atoms with Crippen molar-refractivity contribution < 1.29 is 4.42 Å². The lowest BCUT2D eigenvalue weighted by molar-refractivity contribution is 0.240. The second kappa shape index (κ2) is 8.18. The van der Waals surface area contributed by atoms with Crippen molar-refractivity contribution in [1.29, 1.82) is 0 Å². The molecular formula is C17H21Cl2N3O. The number of nitrogens with zero attached hydrogens (tertiary/aromatic N) is 1. The van der Waals surface area contributed by atoms with Crippen molar-refractivity contribution in [3.05, 3.63) is 46.1 Å². The molecule has 0 radical (unpaired) electrons. The summed E-state index contributed by atoms with van der Waals surface area (Å²) < 4.78 is 5.87. The number of nitrogens with one attached hydrogen (secondary N) is 2. The molecule has 1 fully saturated rings. The van der Waals surface area contributed by atoms with Gasteiger partial charge in [-0.15, -0.1) is 0 Å². The minimum absolute atomic E-state index is 0.602. The molecule has 2 aromatic rings. The summed E-state index contributed by atoms with van der Waals surface area (Å²) in [6.07, 6.45) is 0. The lowest BCUT2D eigenvalue weighted by Crippen LogP contribution is -2.45. The van der Waals surface area contributed by atoms with Crippen molar-refractivity contribution >= 4 is 23.2 Å². The molecule has 2 heterocycles. The maximum atomic E-state index is 6.22.